The maximum atomic E-state index is 12.7. The standard InChI is InChI=1S/C24H39N9O6/c34-16(32-12-10-26-8-6-25-7-9-27-11-13-32)4-2-1-3-5-28-23(38)20-18(35)19(36)24(39-20)33-15-31-17-21(33)29-14-30-22(17)37/h14-15,18-20,24-27,35-36H,1-13H2,(H,28,38)(H,29,30,37). The van der Waals surface area contributed by atoms with Crippen LogP contribution in [0.2, 0.25) is 0 Å². The number of aliphatic hydroxyl groups is 2. The van der Waals surface area contributed by atoms with Crippen molar-refractivity contribution >= 4 is 23.0 Å². The van der Waals surface area contributed by atoms with E-state index in [9.17, 15) is 24.6 Å². The molecule has 4 atom stereocenters. The number of aromatic amines is 1. The predicted molar refractivity (Wildman–Crippen MR) is 141 cm³/mol. The van der Waals surface area contributed by atoms with E-state index < -0.39 is 36.0 Å². The predicted octanol–water partition coefficient (Wildman–Crippen LogP) is -2.97. The lowest BCUT2D eigenvalue weighted by Crippen LogP contribution is -2.44. The number of ether oxygens (including phenoxy) is 1. The molecule has 0 radical (unpaired) electrons. The highest BCUT2D eigenvalue weighted by molar-refractivity contribution is 5.82. The van der Waals surface area contributed by atoms with Crippen LogP contribution in [0.5, 0.6) is 0 Å². The van der Waals surface area contributed by atoms with Gasteiger partial charge in [-0.2, -0.15) is 0 Å². The Balaban J connectivity index is 1.17. The second-order valence-corrected chi connectivity index (χ2v) is 9.72. The monoisotopic (exact) mass is 549 g/mol. The molecule has 2 aliphatic heterocycles. The van der Waals surface area contributed by atoms with E-state index in [4.69, 9.17) is 4.74 Å². The summed E-state index contributed by atoms with van der Waals surface area (Å²) in [5.41, 5.74) is -0.223. The van der Waals surface area contributed by atoms with Crippen LogP contribution < -0.4 is 26.8 Å². The van der Waals surface area contributed by atoms with Gasteiger partial charge in [0.05, 0.1) is 12.7 Å². The lowest BCUT2D eigenvalue weighted by molar-refractivity contribution is -0.137. The Kier molecular flexibility index (Phi) is 10.8. The first-order valence-corrected chi connectivity index (χ1v) is 13.6. The van der Waals surface area contributed by atoms with Gasteiger partial charge in [0.25, 0.3) is 11.5 Å². The molecular formula is C24H39N9O6. The van der Waals surface area contributed by atoms with Crippen LogP contribution in [0.4, 0.5) is 0 Å². The molecule has 15 nitrogen and oxygen atoms in total. The number of carbonyl (C=O) groups is 2. The molecule has 7 N–H and O–H groups in total. The first-order valence-electron chi connectivity index (χ1n) is 13.6. The summed E-state index contributed by atoms with van der Waals surface area (Å²) in [7, 11) is 0. The second-order valence-electron chi connectivity index (χ2n) is 9.72. The molecule has 39 heavy (non-hydrogen) atoms. The van der Waals surface area contributed by atoms with Gasteiger partial charge in [0.1, 0.15) is 12.2 Å². The molecule has 0 aromatic carbocycles. The zero-order valence-corrected chi connectivity index (χ0v) is 22.0. The van der Waals surface area contributed by atoms with E-state index in [1.165, 1.54) is 17.2 Å². The van der Waals surface area contributed by atoms with Crippen molar-refractivity contribution in [2.45, 2.75) is 50.2 Å². The van der Waals surface area contributed by atoms with E-state index in [2.05, 4.69) is 36.2 Å². The summed E-state index contributed by atoms with van der Waals surface area (Å²) in [5, 5.41) is 33.7. The lowest BCUT2D eigenvalue weighted by atomic mass is 10.1. The van der Waals surface area contributed by atoms with E-state index in [-0.39, 0.29) is 17.1 Å². The number of amides is 2. The molecule has 2 amide bonds. The average Bonchev–Trinajstić information content (AvgIpc) is 3.48. The summed E-state index contributed by atoms with van der Waals surface area (Å²) in [6, 6.07) is 0. The number of H-pyrrole nitrogens is 1. The van der Waals surface area contributed by atoms with Gasteiger partial charge in [0, 0.05) is 65.3 Å². The van der Waals surface area contributed by atoms with Gasteiger partial charge in [0.15, 0.2) is 23.5 Å². The van der Waals surface area contributed by atoms with Crippen molar-refractivity contribution in [1.82, 2.24) is 45.7 Å². The Hall–Kier alpha value is -2.95. The number of hydrogen-bond donors (Lipinski definition) is 7. The van der Waals surface area contributed by atoms with Crippen LogP contribution in [-0.4, -0.2) is 124 Å². The van der Waals surface area contributed by atoms with Crippen molar-refractivity contribution < 1.29 is 24.5 Å². The quantitative estimate of drug-likeness (QED) is 0.166. The Morgan fingerprint density at radius 1 is 0.974 bits per heavy atom. The largest absolute Gasteiger partial charge is 0.387 e. The Labute approximate surface area is 225 Å². The smallest absolute Gasteiger partial charge is 0.278 e. The molecule has 4 rings (SSSR count). The van der Waals surface area contributed by atoms with Crippen molar-refractivity contribution in [3.8, 4) is 0 Å². The Morgan fingerprint density at radius 3 is 2.38 bits per heavy atom. The fraction of sp³-hybridized carbons (Fsp3) is 0.708. The van der Waals surface area contributed by atoms with Crippen LogP contribution in [0, 0.1) is 0 Å². The molecule has 4 unspecified atom stereocenters. The van der Waals surface area contributed by atoms with Gasteiger partial charge in [-0.25, -0.2) is 9.97 Å². The maximum absolute atomic E-state index is 12.7. The van der Waals surface area contributed by atoms with E-state index in [1.54, 1.807) is 0 Å². The molecule has 4 heterocycles. The van der Waals surface area contributed by atoms with Crippen LogP contribution in [0.3, 0.4) is 0 Å². The van der Waals surface area contributed by atoms with Crippen LogP contribution in [0.25, 0.3) is 11.2 Å². The van der Waals surface area contributed by atoms with Gasteiger partial charge in [-0.3, -0.25) is 19.0 Å². The van der Waals surface area contributed by atoms with Gasteiger partial charge >= 0.3 is 0 Å². The summed E-state index contributed by atoms with van der Waals surface area (Å²) >= 11 is 0. The molecule has 0 bridgehead atoms. The van der Waals surface area contributed by atoms with Crippen molar-refractivity contribution in [1.29, 1.82) is 0 Å². The minimum atomic E-state index is -1.47. The Bertz CT molecular complexity index is 1130. The third kappa shape index (κ3) is 7.58. The van der Waals surface area contributed by atoms with Crippen molar-refractivity contribution in [2.24, 2.45) is 0 Å². The number of fused-ring (bicyclic) bond motifs is 1. The van der Waals surface area contributed by atoms with Crippen LogP contribution in [0.1, 0.15) is 31.9 Å². The summed E-state index contributed by atoms with van der Waals surface area (Å²) in [6.45, 7) is 6.76. The number of carbonyl (C=O) groups excluding carboxylic acids is 2. The molecule has 216 valence electrons. The van der Waals surface area contributed by atoms with Gasteiger partial charge in [0.2, 0.25) is 5.91 Å². The minimum absolute atomic E-state index is 0.0585. The van der Waals surface area contributed by atoms with E-state index in [0.29, 0.717) is 38.9 Å². The first kappa shape index (κ1) is 29.0. The number of imidazole rings is 1. The molecule has 2 saturated heterocycles. The van der Waals surface area contributed by atoms with E-state index in [1.807, 2.05) is 4.90 Å². The highest BCUT2D eigenvalue weighted by Gasteiger charge is 2.47. The topological polar surface area (TPSA) is 199 Å². The fourth-order valence-electron chi connectivity index (χ4n) is 4.72. The average molecular weight is 550 g/mol. The van der Waals surface area contributed by atoms with E-state index >= 15 is 0 Å². The fourth-order valence-corrected chi connectivity index (χ4v) is 4.72. The lowest BCUT2D eigenvalue weighted by Gasteiger charge is -2.24. The van der Waals surface area contributed by atoms with Gasteiger partial charge in [-0.15, -0.1) is 0 Å². The van der Waals surface area contributed by atoms with Crippen LogP contribution >= 0.6 is 0 Å². The molecule has 2 fully saturated rings. The normalized spacial score (nSPS) is 25.2. The summed E-state index contributed by atoms with van der Waals surface area (Å²) < 4.78 is 6.99. The number of unbranched alkanes of at least 4 members (excludes halogenated alkanes) is 2. The molecule has 0 saturated carbocycles. The number of aliphatic hydroxyl groups excluding tert-OH is 2. The molecule has 2 aliphatic rings. The van der Waals surface area contributed by atoms with Crippen molar-refractivity contribution in [3.63, 3.8) is 0 Å². The number of nitrogens with zero attached hydrogens (tertiary/aromatic N) is 4. The van der Waals surface area contributed by atoms with Crippen LogP contribution in [0.15, 0.2) is 17.4 Å². The molecule has 0 aliphatic carbocycles. The molecular weight excluding hydrogens is 510 g/mol. The number of nitrogens with one attached hydrogen (secondary N) is 5. The maximum Gasteiger partial charge on any atom is 0.278 e. The molecule has 2 aromatic rings. The molecule has 0 spiro atoms. The van der Waals surface area contributed by atoms with E-state index in [0.717, 1.165) is 45.7 Å². The van der Waals surface area contributed by atoms with Crippen LogP contribution in [-0.2, 0) is 14.3 Å². The zero-order valence-electron chi connectivity index (χ0n) is 22.0. The van der Waals surface area contributed by atoms with Gasteiger partial charge < -0.3 is 46.1 Å². The van der Waals surface area contributed by atoms with Crippen molar-refractivity contribution in [2.75, 3.05) is 58.9 Å². The zero-order chi connectivity index (χ0) is 27.6. The number of aromatic nitrogens is 4. The summed E-state index contributed by atoms with van der Waals surface area (Å²) in [6.07, 6.45) is -0.269. The second kappa shape index (κ2) is 14.4. The van der Waals surface area contributed by atoms with Gasteiger partial charge in [-0.05, 0) is 12.8 Å². The molecule has 15 heteroatoms. The summed E-state index contributed by atoms with van der Waals surface area (Å²) in [5.74, 6) is -0.422. The SMILES string of the molecule is O=C(NCCCCCC(=O)N1CCNCCNCCNCC1)C1OC(n2cnc3c(=O)[nH]cnc32)C(O)C1O. The molecule has 2 aromatic heterocycles. The minimum Gasteiger partial charge on any atom is -0.387 e. The highest BCUT2D eigenvalue weighted by Crippen LogP contribution is 2.31. The number of rotatable bonds is 8. The highest BCUT2D eigenvalue weighted by atomic mass is 16.6. The Morgan fingerprint density at radius 2 is 1.67 bits per heavy atom. The van der Waals surface area contributed by atoms with Gasteiger partial charge in [-0.1, -0.05) is 6.42 Å². The van der Waals surface area contributed by atoms with Crippen molar-refractivity contribution in [3.05, 3.63) is 23.0 Å². The third-order valence-electron chi connectivity index (χ3n) is 6.93. The summed E-state index contributed by atoms with van der Waals surface area (Å²) in [4.78, 5) is 49.6. The third-order valence-corrected chi connectivity index (χ3v) is 6.93. The first-order chi connectivity index (χ1) is 19.0. The number of hydrogen-bond acceptors (Lipinski definition) is 11.